The molecule has 1 aliphatic heterocycles. The highest BCUT2D eigenvalue weighted by molar-refractivity contribution is 5.68. The van der Waals surface area contributed by atoms with Crippen LogP contribution >= 0.6 is 0 Å². The molecule has 1 fully saturated rings. The van der Waals surface area contributed by atoms with E-state index >= 15 is 0 Å². The second-order valence-corrected chi connectivity index (χ2v) is 6.83. The van der Waals surface area contributed by atoms with Gasteiger partial charge in [-0.1, -0.05) is 0 Å². The van der Waals surface area contributed by atoms with Gasteiger partial charge in [0, 0.05) is 19.1 Å². The van der Waals surface area contributed by atoms with Crippen LogP contribution in [0, 0.1) is 0 Å². The van der Waals surface area contributed by atoms with Crippen LogP contribution < -0.4 is 10.2 Å². The molecule has 0 radical (unpaired) electrons. The van der Waals surface area contributed by atoms with E-state index in [0.29, 0.717) is 18.8 Å². The minimum Gasteiger partial charge on any atom is -0.444 e. The fraction of sp³-hybridized carbons (Fsp3) is 0.625. The first-order valence-electron chi connectivity index (χ1n) is 7.82. The lowest BCUT2D eigenvalue weighted by Crippen LogP contribution is -2.49. The maximum Gasteiger partial charge on any atom is 0.433 e. The van der Waals surface area contributed by atoms with Crippen LogP contribution in [0.1, 0.15) is 39.3 Å². The number of alkyl carbamates (subject to hydrolysis) is 1. The summed E-state index contributed by atoms with van der Waals surface area (Å²) in [7, 11) is 0. The smallest absolute Gasteiger partial charge is 0.433 e. The molecule has 0 saturated carbocycles. The molecule has 134 valence electrons. The topological polar surface area (TPSA) is 54.5 Å². The molecule has 1 N–H and O–H groups in total. The van der Waals surface area contributed by atoms with E-state index in [1.54, 1.807) is 20.8 Å². The van der Waals surface area contributed by atoms with E-state index in [2.05, 4.69) is 10.3 Å². The summed E-state index contributed by atoms with van der Waals surface area (Å²) < 4.78 is 42.9. The summed E-state index contributed by atoms with van der Waals surface area (Å²) in [4.78, 5) is 17.2. The van der Waals surface area contributed by atoms with E-state index in [1.165, 1.54) is 12.3 Å². The molecule has 1 saturated heterocycles. The fourth-order valence-electron chi connectivity index (χ4n) is 2.54. The van der Waals surface area contributed by atoms with Gasteiger partial charge >= 0.3 is 12.3 Å². The van der Waals surface area contributed by atoms with Crippen molar-refractivity contribution in [3.05, 3.63) is 24.0 Å². The van der Waals surface area contributed by atoms with Crippen molar-refractivity contribution in [2.75, 3.05) is 18.0 Å². The largest absolute Gasteiger partial charge is 0.444 e. The van der Waals surface area contributed by atoms with Gasteiger partial charge in [-0.15, -0.1) is 0 Å². The number of rotatable bonds is 2. The Labute approximate surface area is 139 Å². The van der Waals surface area contributed by atoms with Crippen LogP contribution in [0.25, 0.3) is 0 Å². The molecule has 1 aromatic rings. The standard InChI is InChI=1S/C16H22F3N3O2/c1-15(2,3)24-14(23)21-11-5-4-8-22(10-11)12-6-7-13(20-9-12)16(17,18)19/h6-7,9,11H,4-5,8,10H2,1-3H3,(H,21,23)/t11-/m1/s1. The number of hydrogen-bond donors (Lipinski definition) is 1. The van der Waals surface area contributed by atoms with E-state index in [0.717, 1.165) is 18.9 Å². The van der Waals surface area contributed by atoms with E-state index < -0.39 is 23.6 Å². The monoisotopic (exact) mass is 345 g/mol. The van der Waals surface area contributed by atoms with Crippen LogP contribution in [0.15, 0.2) is 18.3 Å². The van der Waals surface area contributed by atoms with Crippen LogP contribution in [0.3, 0.4) is 0 Å². The number of carbonyl (C=O) groups excluding carboxylic acids is 1. The Kier molecular flexibility index (Phi) is 5.25. The van der Waals surface area contributed by atoms with Crippen molar-refractivity contribution >= 4 is 11.8 Å². The van der Waals surface area contributed by atoms with Crippen LogP contribution in [-0.4, -0.2) is 35.8 Å². The zero-order valence-corrected chi connectivity index (χ0v) is 14.0. The third kappa shape index (κ3) is 5.28. The lowest BCUT2D eigenvalue weighted by Gasteiger charge is -2.35. The van der Waals surface area contributed by atoms with E-state index in [-0.39, 0.29) is 6.04 Å². The number of pyridine rings is 1. The molecule has 5 nitrogen and oxygen atoms in total. The van der Waals surface area contributed by atoms with Crippen molar-refractivity contribution in [2.45, 2.75) is 51.4 Å². The van der Waals surface area contributed by atoms with E-state index in [4.69, 9.17) is 4.74 Å². The number of piperidine rings is 1. The summed E-state index contributed by atoms with van der Waals surface area (Å²) in [6.07, 6.45) is -2.09. The maximum atomic E-state index is 12.6. The molecular weight excluding hydrogens is 323 g/mol. The molecule has 1 atom stereocenters. The van der Waals surface area contributed by atoms with E-state index in [1.807, 2.05) is 4.90 Å². The minimum atomic E-state index is -4.44. The van der Waals surface area contributed by atoms with Crippen molar-refractivity contribution in [2.24, 2.45) is 0 Å². The number of ether oxygens (including phenoxy) is 1. The number of nitrogens with zero attached hydrogens (tertiary/aromatic N) is 2. The normalized spacial score (nSPS) is 19.1. The van der Waals surface area contributed by atoms with Gasteiger partial charge in [0.05, 0.1) is 11.9 Å². The van der Waals surface area contributed by atoms with Crippen molar-refractivity contribution < 1.29 is 22.7 Å². The lowest BCUT2D eigenvalue weighted by molar-refractivity contribution is -0.141. The molecule has 0 aliphatic carbocycles. The first-order valence-corrected chi connectivity index (χ1v) is 7.82. The number of alkyl halides is 3. The number of aromatic nitrogens is 1. The molecule has 8 heteroatoms. The molecule has 0 bridgehead atoms. The van der Waals surface area contributed by atoms with Gasteiger partial charge in [0.1, 0.15) is 11.3 Å². The second kappa shape index (κ2) is 6.86. The van der Waals surface area contributed by atoms with Crippen molar-refractivity contribution in [1.82, 2.24) is 10.3 Å². The highest BCUT2D eigenvalue weighted by Crippen LogP contribution is 2.29. The zero-order valence-electron chi connectivity index (χ0n) is 14.0. The van der Waals surface area contributed by atoms with Gasteiger partial charge in [0.15, 0.2) is 0 Å². The molecule has 2 heterocycles. The van der Waals surface area contributed by atoms with Gasteiger partial charge in [-0.2, -0.15) is 13.2 Å². The lowest BCUT2D eigenvalue weighted by atomic mass is 10.1. The Morgan fingerprint density at radius 1 is 1.33 bits per heavy atom. The minimum absolute atomic E-state index is 0.115. The van der Waals surface area contributed by atoms with Gasteiger partial charge in [0.25, 0.3) is 0 Å². The molecule has 1 aliphatic rings. The molecule has 0 aromatic carbocycles. The van der Waals surface area contributed by atoms with Crippen LogP contribution in [0.2, 0.25) is 0 Å². The second-order valence-electron chi connectivity index (χ2n) is 6.83. The molecule has 1 amide bonds. The molecule has 0 unspecified atom stereocenters. The maximum absolute atomic E-state index is 12.6. The number of carbonyl (C=O) groups is 1. The van der Waals surface area contributed by atoms with Crippen molar-refractivity contribution in [1.29, 1.82) is 0 Å². The van der Waals surface area contributed by atoms with Crippen LogP contribution in [0.5, 0.6) is 0 Å². The predicted octanol–water partition coefficient (Wildman–Crippen LogP) is 3.59. The van der Waals surface area contributed by atoms with Gasteiger partial charge < -0.3 is 15.0 Å². The number of amides is 1. The van der Waals surface area contributed by atoms with Gasteiger partial charge in [-0.05, 0) is 45.7 Å². The summed E-state index contributed by atoms with van der Waals surface area (Å²) in [6.45, 7) is 6.57. The van der Waals surface area contributed by atoms with Crippen molar-refractivity contribution in [3.63, 3.8) is 0 Å². The Balaban J connectivity index is 1.96. The summed E-state index contributed by atoms with van der Waals surface area (Å²) in [5.41, 5.74) is -0.874. The Morgan fingerprint density at radius 2 is 2.04 bits per heavy atom. The summed E-state index contributed by atoms with van der Waals surface area (Å²) in [6, 6.07) is 2.27. The summed E-state index contributed by atoms with van der Waals surface area (Å²) in [5.74, 6) is 0. The number of halogens is 3. The molecular formula is C16H22F3N3O2. The highest BCUT2D eigenvalue weighted by atomic mass is 19.4. The quantitative estimate of drug-likeness (QED) is 0.890. The molecule has 0 spiro atoms. The first-order chi connectivity index (χ1) is 11.0. The van der Waals surface area contributed by atoms with Crippen LogP contribution in [-0.2, 0) is 10.9 Å². The van der Waals surface area contributed by atoms with Crippen molar-refractivity contribution in [3.8, 4) is 0 Å². The highest BCUT2D eigenvalue weighted by Gasteiger charge is 2.32. The average Bonchev–Trinajstić information content (AvgIpc) is 2.44. The summed E-state index contributed by atoms with van der Waals surface area (Å²) >= 11 is 0. The number of hydrogen-bond acceptors (Lipinski definition) is 4. The Morgan fingerprint density at radius 3 is 2.58 bits per heavy atom. The predicted molar refractivity (Wildman–Crippen MR) is 83.8 cm³/mol. The number of anilines is 1. The fourth-order valence-corrected chi connectivity index (χ4v) is 2.54. The van der Waals surface area contributed by atoms with E-state index in [9.17, 15) is 18.0 Å². The van der Waals surface area contributed by atoms with Gasteiger partial charge in [-0.25, -0.2) is 9.78 Å². The Bertz CT molecular complexity index is 567. The number of nitrogens with one attached hydrogen (secondary N) is 1. The zero-order chi connectivity index (χ0) is 18.0. The molecule has 2 rings (SSSR count). The third-order valence-corrected chi connectivity index (χ3v) is 3.55. The van der Waals surface area contributed by atoms with Gasteiger partial charge in [-0.3, -0.25) is 0 Å². The Hall–Kier alpha value is -1.99. The molecule has 24 heavy (non-hydrogen) atoms. The average molecular weight is 345 g/mol. The third-order valence-electron chi connectivity index (χ3n) is 3.55. The summed E-state index contributed by atoms with van der Waals surface area (Å²) in [5, 5.41) is 2.81. The van der Waals surface area contributed by atoms with Crippen LogP contribution in [0.4, 0.5) is 23.7 Å². The first kappa shape index (κ1) is 18.4. The van der Waals surface area contributed by atoms with Gasteiger partial charge in [0.2, 0.25) is 0 Å². The molecule has 1 aromatic heterocycles. The SMILES string of the molecule is CC(C)(C)OC(=O)N[C@@H]1CCCN(c2ccc(C(F)(F)F)nc2)C1.